The fraction of sp³-hybridized carbons (Fsp3) is 0.356. The van der Waals surface area contributed by atoms with Crippen molar-refractivity contribution < 1.29 is 9.53 Å². The van der Waals surface area contributed by atoms with Crippen molar-refractivity contribution in [3.05, 3.63) is 125 Å². The second-order valence-electron chi connectivity index (χ2n) is 16.1. The van der Waals surface area contributed by atoms with Gasteiger partial charge in [0.2, 0.25) is 5.95 Å². The second kappa shape index (κ2) is 16.7. The fourth-order valence-corrected chi connectivity index (χ4v) is 18.0. The number of nitrogens with zero attached hydrogens (tertiary/aromatic N) is 3. The van der Waals surface area contributed by atoms with E-state index in [0.29, 0.717) is 58.2 Å². The van der Waals surface area contributed by atoms with E-state index >= 15 is 0 Å². The predicted molar refractivity (Wildman–Crippen MR) is 231 cm³/mol. The molecule has 0 aliphatic heterocycles. The number of hydrogen-bond acceptors (Lipinski definition) is 6. The number of nitrogens with one attached hydrogen (secondary N) is 1. The molecule has 7 nitrogen and oxygen atoms in total. The highest BCUT2D eigenvalue weighted by atomic mass is 28.4. The van der Waals surface area contributed by atoms with Crippen molar-refractivity contribution in [1.29, 1.82) is 0 Å². The number of rotatable bonds is 12. The van der Waals surface area contributed by atoms with Gasteiger partial charge in [-0.05, 0) is 51.1 Å². The van der Waals surface area contributed by atoms with Crippen LogP contribution in [0.15, 0.2) is 108 Å². The Morgan fingerprint density at radius 2 is 1.46 bits per heavy atom. The van der Waals surface area contributed by atoms with Crippen molar-refractivity contribution in [1.82, 2.24) is 14.5 Å². The van der Waals surface area contributed by atoms with Crippen LogP contribution in [0.2, 0.25) is 21.7 Å². The van der Waals surface area contributed by atoms with Gasteiger partial charge in [-0.3, -0.25) is 9.36 Å². The van der Waals surface area contributed by atoms with Crippen LogP contribution in [0.5, 0.6) is 5.75 Å². The topological polar surface area (TPSA) is 89.3 Å². The van der Waals surface area contributed by atoms with Gasteiger partial charge in [0.15, 0.2) is 0 Å². The lowest BCUT2D eigenvalue weighted by Crippen LogP contribution is -2.66. The van der Waals surface area contributed by atoms with Crippen LogP contribution in [0.25, 0.3) is 11.0 Å². The third-order valence-corrected chi connectivity index (χ3v) is 22.2. The summed E-state index contributed by atoms with van der Waals surface area (Å²) in [6.07, 6.45) is 5.77. The Morgan fingerprint density at radius 1 is 0.870 bits per heavy atom. The molecule has 5 rings (SSSR count). The minimum absolute atomic E-state index is 0.129. The van der Waals surface area contributed by atoms with E-state index in [-0.39, 0.29) is 16.3 Å². The molecule has 0 amide bonds. The first kappa shape index (κ1) is 40.4. The van der Waals surface area contributed by atoms with E-state index in [0.717, 1.165) is 5.39 Å². The summed E-state index contributed by atoms with van der Waals surface area (Å²) in [6.45, 7) is 23.1. The van der Waals surface area contributed by atoms with Crippen LogP contribution < -0.4 is 21.2 Å². The van der Waals surface area contributed by atoms with Gasteiger partial charge in [0, 0.05) is 35.6 Å². The molecule has 3 aromatic carbocycles. The van der Waals surface area contributed by atoms with Gasteiger partial charge in [-0.1, -0.05) is 147 Å². The molecule has 54 heavy (non-hydrogen) atoms. The zero-order valence-corrected chi connectivity index (χ0v) is 35.6. The molecule has 0 fully saturated rings. The highest BCUT2D eigenvalue weighted by Crippen LogP contribution is 2.41. The Bertz CT molecular complexity index is 2150. The number of aromatic hydroxyl groups is 1. The van der Waals surface area contributed by atoms with E-state index < -0.39 is 16.4 Å². The molecule has 0 bridgehead atoms. The van der Waals surface area contributed by atoms with Gasteiger partial charge in [-0.15, -0.1) is 5.54 Å². The maximum atomic E-state index is 14.3. The summed E-state index contributed by atoms with van der Waals surface area (Å²) in [7, 11) is -4.82. The van der Waals surface area contributed by atoms with Crippen molar-refractivity contribution in [2.45, 2.75) is 97.4 Å². The maximum absolute atomic E-state index is 14.3. The summed E-state index contributed by atoms with van der Waals surface area (Å²) in [4.78, 5) is 23.9. The molecular weight excluding hydrogens is 701 g/mol. The Morgan fingerprint density at radius 3 is 2.00 bits per heavy atom. The van der Waals surface area contributed by atoms with Gasteiger partial charge >= 0.3 is 0 Å². The van der Waals surface area contributed by atoms with Crippen LogP contribution in [0.3, 0.4) is 0 Å². The van der Waals surface area contributed by atoms with Gasteiger partial charge in [0.25, 0.3) is 13.9 Å². The first-order valence-electron chi connectivity index (χ1n) is 19.0. The van der Waals surface area contributed by atoms with Crippen LogP contribution in [0, 0.1) is 18.4 Å². The summed E-state index contributed by atoms with van der Waals surface area (Å²) in [6, 6.07) is 28.0. The first-order valence-corrected chi connectivity index (χ1v) is 23.2. The van der Waals surface area contributed by atoms with Crippen molar-refractivity contribution in [2.24, 2.45) is 0 Å². The molecule has 282 valence electrons. The van der Waals surface area contributed by atoms with Gasteiger partial charge in [-0.25, -0.2) is 4.98 Å². The lowest BCUT2D eigenvalue weighted by molar-refractivity contribution is 0.339. The standard InChI is InChI=1S/C45H56N4O3Si2/c1-32(2)53(33(3)4,34(5)6)29-26-40-35(7)43(51)49(42-41(40)31-46-44(48-42)47-36-20-19-21-37(50)30-36)27-17-18-28-52-54(45(8,9)10,38-22-13-11-14-23-38)39-24-15-12-16-25-39/h11-25,30-34,50H,27-28H2,1-10H3,(H,46,47,48)/b18-17-. The van der Waals surface area contributed by atoms with E-state index in [2.05, 4.69) is 133 Å². The molecule has 0 saturated carbocycles. The number of anilines is 2. The van der Waals surface area contributed by atoms with Crippen molar-refractivity contribution >= 4 is 49.4 Å². The molecule has 0 spiro atoms. The monoisotopic (exact) mass is 756 g/mol. The summed E-state index contributed by atoms with van der Waals surface area (Å²) < 4.78 is 8.77. The van der Waals surface area contributed by atoms with E-state index in [1.807, 2.05) is 37.3 Å². The Labute approximate surface area is 323 Å². The molecule has 0 aliphatic carbocycles. The van der Waals surface area contributed by atoms with Crippen LogP contribution in [0.4, 0.5) is 11.6 Å². The molecule has 0 aliphatic rings. The van der Waals surface area contributed by atoms with E-state index in [4.69, 9.17) is 9.41 Å². The third-order valence-electron chi connectivity index (χ3n) is 10.9. The highest BCUT2D eigenvalue weighted by Gasteiger charge is 2.50. The molecule has 5 aromatic rings. The summed E-state index contributed by atoms with van der Waals surface area (Å²) in [5.41, 5.74) is 7.42. The average Bonchev–Trinajstić information content (AvgIpc) is 3.12. The number of benzene rings is 3. The van der Waals surface area contributed by atoms with Gasteiger partial charge in [-0.2, -0.15) is 4.98 Å². The molecule has 0 unspecified atom stereocenters. The van der Waals surface area contributed by atoms with Crippen molar-refractivity contribution in [2.75, 3.05) is 11.9 Å². The molecule has 0 saturated heterocycles. The van der Waals surface area contributed by atoms with Gasteiger partial charge in [0.05, 0.1) is 12.0 Å². The minimum atomic E-state index is -2.73. The summed E-state index contributed by atoms with van der Waals surface area (Å²) in [5.74, 6) is 4.00. The van der Waals surface area contributed by atoms with Crippen LogP contribution in [-0.2, 0) is 11.0 Å². The molecular formula is C45H56N4O3Si2. The number of phenolic OH excluding ortho intramolecular Hbond substituents is 1. The molecule has 2 N–H and O–H groups in total. The average molecular weight is 757 g/mol. The second-order valence-corrected chi connectivity index (χ2v) is 26.0. The highest BCUT2D eigenvalue weighted by molar-refractivity contribution is 6.99. The van der Waals surface area contributed by atoms with Crippen LogP contribution in [0.1, 0.15) is 73.4 Å². The third kappa shape index (κ3) is 8.02. The van der Waals surface area contributed by atoms with E-state index in [9.17, 15) is 9.90 Å². The number of pyridine rings is 1. The first-order chi connectivity index (χ1) is 25.6. The van der Waals surface area contributed by atoms with E-state index in [1.165, 1.54) is 10.4 Å². The minimum Gasteiger partial charge on any atom is -0.508 e. The number of fused-ring (bicyclic) bond motifs is 1. The molecule has 0 atom stereocenters. The normalized spacial score (nSPS) is 12.5. The van der Waals surface area contributed by atoms with Crippen molar-refractivity contribution in [3.63, 3.8) is 0 Å². The summed E-state index contributed by atoms with van der Waals surface area (Å²) in [5, 5.41) is 16.3. The largest absolute Gasteiger partial charge is 0.508 e. The van der Waals surface area contributed by atoms with Crippen LogP contribution >= 0.6 is 0 Å². The van der Waals surface area contributed by atoms with Crippen molar-refractivity contribution in [3.8, 4) is 17.2 Å². The lowest BCUT2D eigenvalue weighted by Gasteiger charge is -2.42. The zero-order chi connectivity index (χ0) is 39.3. The van der Waals surface area contributed by atoms with Gasteiger partial charge < -0.3 is 14.8 Å². The predicted octanol–water partition coefficient (Wildman–Crippen LogP) is 9.25. The van der Waals surface area contributed by atoms with Gasteiger partial charge in [0.1, 0.15) is 19.5 Å². The number of aromatic nitrogens is 3. The molecule has 9 heteroatoms. The number of phenols is 1. The molecule has 2 aromatic heterocycles. The number of hydrogen-bond donors (Lipinski definition) is 2. The smallest absolute Gasteiger partial charge is 0.261 e. The van der Waals surface area contributed by atoms with Crippen LogP contribution in [-0.4, -0.2) is 42.6 Å². The zero-order valence-electron chi connectivity index (χ0n) is 33.6. The number of allylic oxidation sites excluding steroid dienone is 1. The Kier molecular flexibility index (Phi) is 12.5. The Balaban J connectivity index is 1.58. The fourth-order valence-electron chi connectivity index (χ4n) is 8.25. The lowest BCUT2D eigenvalue weighted by atomic mass is 10.1. The molecule has 2 heterocycles. The Hall–Kier alpha value is -4.76. The van der Waals surface area contributed by atoms with E-state index in [1.54, 1.807) is 29.0 Å². The SMILES string of the molecule is Cc1c(C#C[Si](C(C)C)(C(C)C)C(C)C)c2cnc(Nc3cccc(O)c3)nc2n(C/C=C\CO[Si](c2ccccc2)(c2ccccc2)C(C)(C)C)c1=O. The summed E-state index contributed by atoms with van der Waals surface area (Å²) >= 11 is 0. The quantitative estimate of drug-likeness (QED) is 0.0750. The molecule has 0 radical (unpaired) electrons. The maximum Gasteiger partial charge on any atom is 0.261 e.